The van der Waals surface area contributed by atoms with Gasteiger partial charge in [0.2, 0.25) is 10.0 Å². The molecule has 2 atom stereocenters. The molecule has 1 amide bonds. The maximum Gasteiger partial charge on any atom is 0.253 e. The summed E-state index contributed by atoms with van der Waals surface area (Å²) >= 11 is 0. The number of hydrogen-bond acceptors (Lipinski definition) is 5. The molecule has 8 heteroatoms. The lowest BCUT2D eigenvalue weighted by Gasteiger charge is -2.33. The molecule has 0 radical (unpaired) electrons. The van der Waals surface area contributed by atoms with Crippen molar-refractivity contribution in [1.82, 2.24) is 9.62 Å². The molecule has 2 saturated heterocycles. The van der Waals surface area contributed by atoms with Crippen molar-refractivity contribution < 1.29 is 17.9 Å². The Morgan fingerprint density at radius 2 is 1.71 bits per heavy atom. The zero-order valence-corrected chi connectivity index (χ0v) is 19.3. The molecule has 7 nitrogen and oxygen atoms in total. The Bertz CT molecular complexity index is 877. The first-order valence-corrected chi connectivity index (χ1v) is 13.2. The summed E-state index contributed by atoms with van der Waals surface area (Å²) in [5.74, 6) is 0.287. The van der Waals surface area contributed by atoms with Crippen LogP contribution in [-0.4, -0.2) is 64.1 Å². The molecule has 0 unspecified atom stereocenters. The third kappa shape index (κ3) is 5.07. The van der Waals surface area contributed by atoms with E-state index in [1.165, 1.54) is 17.1 Å². The van der Waals surface area contributed by atoms with Gasteiger partial charge in [-0.3, -0.25) is 4.79 Å². The highest BCUT2D eigenvalue weighted by atomic mass is 32.2. The molecule has 0 aromatic heterocycles. The van der Waals surface area contributed by atoms with Crippen molar-refractivity contribution in [3.63, 3.8) is 0 Å². The van der Waals surface area contributed by atoms with Gasteiger partial charge in [0.15, 0.2) is 0 Å². The highest BCUT2D eigenvalue weighted by molar-refractivity contribution is 7.89. The summed E-state index contributed by atoms with van der Waals surface area (Å²) in [6.07, 6.45) is 7.82. The Hall–Kier alpha value is -1.64. The molecule has 3 fully saturated rings. The minimum atomic E-state index is -3.65. The summed E-state index contributed by atoms with van der Waals surface area (Å²) in [7, 11) is -3.65. The molecule has 1 saturated carbocycles. The zero-order chi connectivity index (χ0) is 21.8. The van der Waals surface area contributed by atoms with Crippen LogP contribution in [-0.2, 0) is 14.8 Å². The SMILES string of the molecule is C[C@@H]1CCCC[C@H]1NC(=O)c1cc(S(=O)(=O)N2CCOCC2)ccc1N1CCCCC1. The molecule has 1 aromatic carbocycles. The number of piperidine rings is 1. The number of nitrogens with one attached hydrogen (secondary N) is 1. The molecule has 1 N–H and O–H groups in total. The highest BCUT2D eigenvalue weighted by Crippen LogP contribution is 2.30. The normalized spacial score (nSPS) is 25.9. The topological polar surface area (TPSA) is 79.0 Å². The third-order valence-electron chi connectivity index (χ3n) is 6.95. The van der Waals surface area contributed by atoms with Crippen molar-refractivity contribution in [2.45, 2.75) is 62.8 Å². The fourth-order valence-corrected chi connectivity index (χ4v) is 6.42. The number of sulfonamides is 1. The standard InChI is InChI=1S/C23H35N3O4S/c1-18-7-3-4-8-21(18)24-23(27)20-17-19(31(28,29)26-13-15-30-16-14-26)9-10-22(20)25-11-5-2-6-12-25/h9-10,17-18,21H,2-8,11-16H2,1H3,(H,24,27)/t18-,21-/m1/s1. The van der Waals surface area contributed by atoms with E-state index in [1.807, 2.05) is 6.07 Å². The van der Waals surface area contributed by atoms with Gasteiger partial charge in [-0.05, 0) is 56.2 Å². The second kappa shape index (κ2) is 9.88. The van der Waals surface area contributed by atoms with Crippen molar-refractivity contribution in [3.05, 3.63) is 23.8 Å². The molecule has 1 aliphatic carbocycles. The van der Waals surface area contributed by atoms with E-state index in [9.17, 15) is 13.2 Å². The van der Waals surface area contributed by atoms with Crippen LogP contribution in [0.2, 0.25) is 0 Å². The first kappa shape index (κ1) is 22.6. The fraction of sp³-hybridized carbons (Fsp3) is 0.696. The lowest BCUT2D eigenvalue weighted by Crippen LogP contribution is -2.42. The van der Waals surface area contributed by atoms with Crippen LogP contribution >= 0.6 is 0 Å². The quantitative estimate of drug-likeness (QED) is 0.748. The van der Waals surface area contributed by atoms with E-state index in [0.717, 1.165) is 50.9 Å². The number of nitrogens with zero attached hydrogens (tertiary/aromatic N) is 2. The number of carbonyl (C=O) groups excluding carboxylic acids is 1. The summed E-state index contributed by atoms with van der Waals surface area (Å²) in [5.41, 5.74) is 1.33. The van der Waals surface area contributed by atoms with Crippen LogP contribution in [0.15, 0.2) is 23.1 Å². The van der Waals surface area contributed by atoms with Crippen LogP contribution in [0.3, 0.4) is 0 Å². The van der Waals surface area contributed by atoms with Gasteiger partial charge < -0.3 is 15.0 Å². The van der Waals surface area contributed by atoms with Crippen LogP contribution in [0.1, 0.15) is 62.2 Å². The smallest absolute Gasteiger partial charge is 0.253 e. The fourth-order valence-electron chi connectivity index (χ4n) is 4.98. The van der Waals surface area contributed by atoms with Gasteiger partial charge in [0.1, 0.15) is 0 Å². The lowest BCUT2D eigenvalue weighted by molar-refractivity contribution is 0.0730. The van der Waals surface area contributed by atoms with E-state index in [0.29, 0.717) is 37.8 Å². The van der Waals surface area contributed by atoms with Gasteiger partial charge >= 0.3 is 0 Å². The maximum atomic E-state index is 13.4. The molecule has 2 aliphatic heterocycles. The Morgan fingerprint density at radius 1 is 1.00 bits per heavy atom. The Morgan fingerprint density at radius 3 is 2.42 bits per heavy atom. The number of ether oxygens (including phenoxy) is 1. The molecule has 3 aliphatic rings. The number of hydrogen-bond donors (Lipinski definition) is 1. The van der Waals surface area contributed by atoms with Crippen molar-refractivity contribution in [1.29, 1.82) is 0 Å². The summed E-state index contributed by atoms with van der Waals surface area (Å²) in [6, 6.07) is 5.24. The summed E-state index contributed by atoms with van der Waals surface area (Å²) in [6.45, 7) is 5.48. The van der Waals surface area contributed by atoms with Crippen LogP contribution < -0.4 is 10.2 Å². The van der Waals surface area contributed by atoms with Crippen molar-refractivity contribution in [2.24, 2.45) is 5.92 Å². The average Bonchev–Trinajstić information content (AvgIpc) is 2.81. The number of benzene rings is 1. The molecule has 172 valence electrons. The first-order chi connectivity index (χ1) is 15.0. The van der Waals surface area contributed by atoms with Crippen LogP contribution in [0.25, 0.3) is 0 Å². The maximum absolute atomic E-state index is 13.4. The molecule has 0 spiro atoms. The third-order valence-corrected chi connectivity index (χ3v) is 8.84. The van der Waals surface area contributed by atoms with Crippen LogP contribution in [0, 0.1) is 5.92 Å². The lowest BCUT2D eigenvalue weighted by atomic mass is 9.86. The second-order valence-electron chi connectivity index (χ2n) is 9.08. The Balaban J connectivity index is 1.65. The van der Waals surface area contributed by atoms with E-state index in [1.54, 1.807) is 12.1 Å². The van der Waals surface area contributed by atoms with Crippen LogP contribution in [0.4, 0.5) is 5.69 Å². The van der Waals surface area contributed by atoms with E-state index < -0.39 is 10.0 Å². The number of anilines is 1. The van der Waals surface area contributed by atoms with Crippen molar-refractivity contribution in [3.8, 4) is 0 Å². The minimum absolute atomic E-state index is 0.148. The van der Waals surface area contributed by atoms with E-state index >= 15 is 0 Å². The van der Waals surface area contributed by atoms with Crippen molar-refractivity contribution >= 4 is 21.6 Å². The predicted molar refractivity (Wildman–Crippen MR) is 121 cm³/mol. The highest BCUT2D eigenvalue weighted by Gasteiger charge is 2.30. The molecular formula is C23H35N3O4S. The molecule has 2 heterocycles. The van der Waals surface area contributed by atoms with Gasteiger partial charge in [-0.1, -0.05) is 19.8 Å². The average molecular weight is 450 g/mol. The van der Waals surface area contributed by atoms with Gasteiger partial charge in [-0.25, -0.2) is 8.42 Å². The molecule has 4 rings (SSSR count). The molecule has 0 bridgehead atoms. The molecular weight excluding hydrogens is 414 g/mol. The van der Waals surface area contributed by atoms with Crippen LogP contribution in [0.5, 0.6) is 0 Å². The number of carbonyl (C=O) groups is 1. The van der Waals surface area contributed by atoms with Crippen molar-refractivity contribution in [2.75, 3.05) is 44.3 Å². The van der Waals surface area contributed by atoms with Gasteiger partial charge in [0.25, 0.3) is 5.91 Å². The predicted octanol–water partition coefficient (Wildman–Crippen LogP) is 3.01. The Labute approximate surface area is 186 Å². The second-order valence-corrected chi connectivity index (χ2v) is 11.0. The number of amides is 1. The van der Waals surface area contributed by atoms with E-state index in [-0.39, 0.29) is 16.8 Å². The molecule has 1 aromatic rings. The summed E-state index contributed by atoms with van der Waals surface area (Å²) in [5, 5.41) is 3.23. The number of morpholine rings is 1. The van der Waals surface area contributed by atoms with Gasteiger partial charge in [0, 0.05) is 37.9 Å². The van der Waals surface area contributed by atoms with Gasteiger partial charge in [-0.2, -0.15) is 4.31 Å². The summed E-state index contributed by atoms with van der Waals surface area (Å²) < 4.78 is 33.2. The van der Waals surface area contributed by atoms with Gasteiger partial charge in [0.05, 0.1) is 23.7 Å². The minimum Gasteiger partial charge on any atom is -0.379 e. The van der Waals surface area contributed by atoms with E-state index in [2.05, 4.69) is 17.1 Å². The summed E-state index contributed by atoms with van der Waals surface area (Å²) in [4.78, 5) is 15.8. The number of rotatable bonds is 5. The zero-order valence-electron chi connectivity index (χ0n) is 18.5. The monoisotopic (exact) mass is 449 g/mol. The largest absolute Gasteiger partial charge is 0.379 e. The van der Waals surface area contributed by atoms with Gasteiger partial charge in [-0.15, -0.1) is 0 Å². The molecule has 31 heavy (non-hydrogen) atoms. The first-order valence-electron chi connectivity index (χ1n) is 11.7. The van der Waals surface area contributed by atoms with E-state index in [4.69, 9.17) is 4.74 Å². The Kier molecular flexibility index (Phi) is 7.19.